The first-order valence-electron chi connectivity index (χ1n) is 7.69. The van der Waals surface area contributed by atoms with E-state index in [1.807, 2.05) is 0 Å². The van der Waals surface area contributed by atoms with Gasteiger partial charge in [-0.25, -0.2) is 8.78 Å². The molecule has 0 amide bonds. The van der Waals surface area contributed by atoms with Gasteiger partial charge in [-0.2, -0.15) is 0 Å². The molecule has 2 rings (SSSR count). The quantitative estimate of drug-likeness (QED) is 0.874. The molecule has 0 aliphatic carbocycles. The molecule has 0 saturated carbocycles. The molecule has 0 bridgehead atoms. The fraction of sp³-hybridized carbons (Fsp3) is 0.625. The second kappa shape index (κ2) is 8.41. The summed E-state index contributed by atoms with van der Waals surface area (Å²) in [6.07, 6.45) is 1.93. The predicted octanol–water partition coefficient (Wildman–Crippen LogP) is 2.73. The number of hydrogen-bond donors (Lipinski definition) is 1. The van der Waals surface area contributed by atoms with Crippen molar-refractivity contribution in [3.05, 3.63) is 35.4 Å². The molecule has 5 heteroatoms. The lowest BCUT2D eigenvalue weighted by Gasteiger charge is -2.27. The first kappa shape index (κ1) is 16.3. The van der Waals surface area contributed by atoms with E-state index in [2.05, 4.69) is 17.1 Å². The highest BCUT2D eigenvalue weighted by Gasteiger charge is 2.21. The fourth-order valence-corrected chi connectivity index (χ4v) is 2.62. The zero-order valence-electron chi connectivity index (χ0n) is 12.6. The van der Waals surface area contributed by atoms with E-state index in [0.717, 1.165) is 45.1 Å². The first-order valence-corrected chi connectivity index (χ1v) is 7.69. The Morgan fingerprint density at radius 3 is 2.95 bits per heavy atom. The van der Waals surface area contributed by atoms with E-state index >= 15 is 0 Å². The minimum atomic E-state index is -0.782. The molecular formula is C16H24F2N2O. The van der Waals surface area contributed by atoms with Gasteiger partial charge in [-0.1, -0.05) is 19.1 Å². The van der Waals surface area contributed by atoms with Gasteiger partial charge in [-0.05, 0) is 25.5 Å². The summed E-state index contributed by atoms with van der Waals surface area (Å²) in [6.45, 7) is 6.76. The molecule has 1 aromatic carbocycles. The highest BCUT2D eigenvalue weighted by Crippen LogP contribution is 2.21. The van der Waals surface area contributed by atoms with Crippen molar-refractivity contribution in [1.82, 2.24) is 10.2 Å². The third kappa shape index (κ3) is 4.73. The van der Waals surface area contributed by atoms with Crippen molar-refractivity contribution in [2.75, 3.05) is 39.4 Å². The van der Waals surface area contributed by atoms with Crippen LogP contribution in [0.25, 0.3) is 0 Å². The number of benzene rings is 1. The molecule has 1 N–H and O–H groups in total. The molecular weight excluding hydrogens is 274 g/mol. The van der Waals surface area contributed by atoms with E-state index in [9.17, 15) is 8.78 Å². The Balaban J connectivity index is 2.11. The lowest BCUT2D eigenvalue weighted by molar-refractivity contribution is 0.139. The second-order valence-corrected chi connectivity index (χ2v) is 5.42. The van der Waals surface area contributed by atoms with Crippen LogP contribution in [0.5, 0.6) is 0 Å². The van der Waals surface area contributed by atoms with Crippen LogP contribution < -0.4 is 5.32 Å². The maximum Gasteiger partial charge on any atom is 0.163 e. The Morgan fingerprint density at radius 1 is 1.29 bits per heavy atom. The molecule has 1 aliphatic rings. The molecule has 0 aromatic heterocycles. The van der Waals surface area contributed by atoms with Crippen LogP contribution in [0.3, 0.4) is 0 Å². The van der Waals surface area contributed by atoms with Crippen molar-refractivity contribution in [3.8, 4) is 0 Å². The van der Waals surface area contributed by atoms with Gasteiger partial charge in [0.15, 0.2) is 11.6 Å². The summed E-state index contributed by atoms with van der Waals surface area (Å²) in [5.41, 5.74) is 0.411. The molecule has 118 valence electrons. The van der Waals surface area contributed by atoms with Crippen LogP contribution in [0.15, 0.2) is 18.2 Å². The van der Waals surface area contributed by atoms with E-state index in [0.29, 0.717) is 18.7 Å². The average Bonchev–Trinajstić information content (AvgIpc) is 2.75. The maximum atomic E-state index is 14.1. The van der Waals surface area contributed by atoms with Crippen molar-refractivity contribution >= 4 is 0 Å². The van der Waals surface area contributed by atoms with Crippen LogP contribution in [-0.4, -0.2) is 44.3 Å². The lowest BCUT2D eigenvalue weighted by atomic mass is 10.0. The summed E-state index contributed by atoms with van der Waals surface area (Å²) in [5, 5.41) is 3.33. The van der Waals surface area contributed by atoms with Crippen molar-refractivity contribution in [2.45, 2.75) is 25.8 Å². The van der Waals surface area contributed by atoms with Crippen molar-refractivity contribution in [1.29, 1.82) is 0 Å². The van der Waals surface area contributed by atoms with Gasteiger partial charge in [0, 0.05) is 37.8 Å². The predicted molar refractivity (Wildman–Crippen MR) is 79.3 cm³/mol. The Morgan fingerprint density at radius 2 is 2.14 bits per heavy atom. The van der Waals surface area contributed by atoms with Crippen LogP contribution in [-0.2, 0) is 4.74 Å². The van der Waals surface area contributed by atoms with E-state index in [1.54, 1.807) is 12.1 Å². The van der Waals surface area contributed by atoms with Gasteiger partial charge >= 0.3 is 0 Å². The third-order valence-corrected chi connectivity index (χ3v) is 3.75. The number of nitrogens with one attached hydrogen (secondary N) is 1. The van der Waals surface area contributed by atoms with Gasteiger partial charge in [0.2, 0.25) is 0 Å². The third-order valence-electron chi connectivity index (χ3n) is 3.75. The monoisotopic (exact) mass is 298 g/mol. The number of hydrogen-bond acceptors (Lipinski definition) is 3. The van der Waals surface area contributed by atoms with Gasteiger partial charge in [0.25, 0.3) is 0 Å². The first-order chi connectivity index (χ1) is 10.2. The smallest absolute Gasteiger partial charge is 0.163 e. The number of ether oxygens (including phenoxy) is 1. The lowest BCUT2D eigenvalue weighted by Crippen LogP contribution is -2.37. The van der Waals surface area contributed by atoms with Gasteiger partial charge in [0.1, 0.15) is 0 Å². The Hall–Kier alpha value is -1.04. The number of rotatable bonds is 6. The van der Waals surface area contributed by atoms with Crippen molar-refractivity contribution in [3.63, 3.8) is 0 Å². The number of nitrogens with zero attached hydrogens (tertiary/aromatic N) is 1. The molecule has 0 radical (unpaired) electrons. The van der Waals surface area contributed by atoms with Gasteiger partial charge in [-0.3, -0.25) is 4.90 Å². The molecule has 1 aromatic rings. The van der Waals surface area contributed by atoms with Gasteiger partial charge in [0.05, 0.1) is 6.61 Å². The van der Waals surface area contributed by atoms with E-state index < -0.39 is 11.6 Å². The Kier molecular flexibility index (Phi) is 6.54. The summed E-state index contributed by atoms with van der Waals surface area (Å²) >= 11 is 0. The molecule has 1 unspecified atom stereocenters. The molecule has 1 heterocycles. The standard InChI is InChI=1S/C16H24F2N2O/c1-2-7-19-15(12-20-8-4-10-21-11-9-20)13-5-3-6-14(17)16(13)18/h3,5-6,15,19H,2,4,7-12H2,1H3. The molecule has 0 spiro atoms. The SMILES string of the molecule is CCCNC(CN1CCCOCC1)c1cccc(F)c1F. The highest BCUT2D eigenvalue weighted by atomic mass is 19.2. The van der Waals surface area contributed by atoms with Crippen LogP contribution in [0.2, 0.25) is 0 Å². The Labute approximate surface area is 125 Å². The summed E-state index contributed by atoms with van der Waals surface area (Å²) < 4.78 is 33.0. The van der Waals surface area contributed by atoms with Gasteiger partial charge in [-0.15, -0.1) is 0 Å². The van der Waals surface area contributed by atoms with E-state index in [-0.39, 0.29) is 6.04 Å². The van der Waals surface area contributed by atoms with Crippen LogP contribution in [0.4, 0.5) is 8.78 Å². The maximum absolute atomic E-state index is 14.1. The number of halogens is 2. The molecule has 3 nitrogen and oxygen atoms in total. The Bertz CT molecular complexity index is 434. The normalized spacial score (nSPS) is 18.4. The van der Waals surface area contributed by atoms with Crippen LogP contribution in [0, 0.1) is 11.6 Å². The van der Waals surface area contributed by atoms with Crippen molar-refractivity contribution in [2.24, 2.45) is 0 Å². The topological polar surface area (TPSA) is 24.5 Å². The minimum absolute atomic E-state index is 0.196. The highest BCUT2D eigenvalue weighted by molar-refractivity contribution is 5.23. The summed E-state index contributed by atoms with van der Waals surface area (Å²) in [5.74, 6) is -1.52. The largest absolute Gasteiger partial charge is 0.380 e. The van der Waals surface area contributed by atoms with E-state index in [4.69, 9.17) is 4.74 Å². The molecule has 1 fully saturated rings. The summed E-state index contributed by atoms with van der Waals surface area (Å²) in [4.78, 5) is 2.25. The molecule has 21 heavy (non-hydrogen) atoms. The summed E-state index contributed by atoms with van der Waals surface area (Å²) in [6, 6.07) is 4.20. The van der Waals surface area contributed by atoms with Crippen LogP contribution in [0.1, 0.15) is 31.4 Å². The minimum Gasteiger partial charge on any atom is -0.380 e. The summed E-state index contributed by atoms with van der Waals surface area (Å²) in [7, 11) is 0. The van der Waals surface area contributed by atoms with Crippen molar-refractivity contribution < 1.29 is 13.5 Å². The second-order valence-electron chi connectivity index (χ2n) is 5.42. The molecule has 1 aliphatic heterocycles. The van der Waals surface area contributed by atoms with E-state index in [1.165, 1.54) is 0 Å². The average molecular weight is 298 g/mol. The molecule has 1 saturated heterocycles. The molecule has 1 atom stereocenters. The van der Waals surface area contributed by atoms with Gasteiger partial charge < -0.3 is 10.1 Å². The fourth-order valence-electron chi connectivity index (χ4n) is 2.62. The zero-order valence-corrected chi connectivity index (χ0v) is 12.6. The zero-order chi connectivity index (χ0) is 15.1. The van der Waals surface area contributed by atoms with Crippen LogP contribution >= 0.6 is 0 Å².